The molecule has 37 heavy (non-hydrogen) atoms. The van der Waals surface area contributed by atoms with Crippen molar-refractivity contribution in [2.45, 2.75) is 31.8 Å². The van der Waals surface area contributed by atoms with Crippen LogP contribution in [0.1, 0.15) is 59.0 Å². The molecule has 4 heterocycles. The molecular weight excluding hydrogens is 468 g/mol. The van der Waals surface area contributed by atoms with Gasteiger partial charge in [-0.1, -0.05) is 24.0 Å². The molecule has 0 bridgehead atoms. The Morgan fingerprint density at radius 2 is 2.14 bits per heavy atom. The van der Waals surface area contributed by atoms with Crippen LogP contribution in [0.4, 0.5) is 5.82 Å². The number of hydrogen-bond acceptors (Lipinski definition) is 5. The van der Waals surface area contributed by atoms with Gasteiger partial charge in [0.05, 0.1) is 23.2 Å². The molecule has 6 rings (SSSR count). The number of nitrogen functional groups attached to an aromatic ring is 1. The monoisotopic (exact) mass is 493 g/mol. The number of rotatable bonds is 4. The summed E-state index contributed by atoms with van der Waals surface area (Å²) in [5.74, 6) is 6.11. The number of nitrogens with one attached hydrogen (secondary N) is 2. The number of H-pyrrole nitrogens is 1. The number of benzene rings is 1. The first-order valence-electron chi connectivity index (χ1n) is 12.0. The van der Waals surface area contributed by atoms with Gasteiger partial charge in [-0.15, -0.1) is 4.52 Å². The number of aryl methyl sites for hydroxylation is 1. The van der Waals surface area contributed by atoms with Crippen LogP contribution in [-0.4, -0.2) is 30.3 Å². The molecule has 1 unspecified atom stereocenters. The SMILES string of the molecule is CC(NC(=O)c1c(N)[nH][n+]2cccnc12)c1cc2cccc(C#Cc3cnn(C)c3)c2c(=O)n1C1CC1. The number of carbonyl (C=O) groups is 1. The number of aromatic amines is 1. The molecule has 4 aromatic heterocycles. The zero-order chi connectivity index (χ0) is 25.7. The van der Waals surface area contributed by atoms with Gasteiger partial charge >= 0.3 is 5.65 Å². The fourth-order valence-electron chi connectivity index (χ4n) is 4.69. The highest BCUT2D eigenvalue weighted by molar-refractivity contribution is 6.03. The summed E-state index contributed by atoms with van der Waals surface area (Å²) in [4.78, 5) is 31.4. The summed E-state index contributed by atoms with van der Waals surface area (Å²) in [6, 6.07) is 9.01. The highest BCUT2D eigenvalue weighted by atomic mass is 16.2. The number of carbonyl (C=O) groups excluding carboxylic acids is 1. The average Bonchev–Trinajstić information content (AvgIpc) is 3.53. The summed E-state index contributed by atoms with van der Waals surface area (Å²) < 4.78 is 5.10. The molecular formula is C27H25N8O2+. The maximum Gasteiger partial charge on any atom is 0.362 e. The molecule has 0 saturated heterocycles. The van der Waals surface area contributed by atoms with Crippen LogP contribution in [0.3, 0.4) is 0 Å². The molecule has 1 fully saturated rings. The largest absolute Gasteiger partial charge is 0.382 e. The maximum atomic E-state index is 13.8. The van der Waals surface area contributed by atoms with Crippen LogP contribution in [0.5, 0.6) is 0 Å². The van der Waals surface area contributed by atoms with E-state index in [9.17, 15) is 9.59 Å². The van der Waals surface area contributed by atoms with E-state index < -0.39 is 6.04 Å². The van der Waals surface area contributed by atoms with Crippen molar-refractivity contribution in [3.05, 3.63) is 87.9 Å². The Balaban J connectivity index is 1.41. The molecule has 10 heteroatoms. The van der Waals surface area contributed by atoms with Crippen molar-refractivity contribution in [2.24, 2.45) is 7.05 Å². The summed E-state index contributed by atoms with van der Waals surface area (Å²) in [5.41, 5.74) is 8.87. The molecule has 0 radical (unpaired) electrons. The molecule has 4 N–H and O–H groups in total. The minimum Gasteiger partial charge on any atom is -0.382 e. The Labute approximate surface area is 211 Å². The smallest absolute Gasteiger partial charge is 0.362 e. The fourth-order valence-corrected chi connectivity index (χ4v) is 4.69. The third-order valence-electron chi connectivity index (χ3n) is 6.57. The van der Waals surface area contributed by atoms with Crippen LogP contribution in [-0.2, 0) is 7.05 Å². The first kappa shape index (κ1) is 22.5. The first-order chi connectivity index (χ1) is 17.9. The van der Waals surface area contributed by atoms with Gasteiger partial charge in [0.15, 0.2) is 11.4 Å². The second kappa shape index (κ2) is 8.64. The summed E-state index contributed by atoms with van der Waals surface area (Å²) in [7, 11) is 1.83. The molecule has 0 spiro atoms. The van der Waals surface area contributed by atoms with Crippen molar-refractivity contribution in [1.82, 2.24) is 29.7 Å². The van der Waals surface area contributed by atoms with E-state index in [4.69, 9.17) is 5.73 Å². The lowest BCUT2D eigenvalue weighted by Crippen LogP contribution is -2.33. The van der Waals surface area contributed by atoms with Crippen LogP contribution in [0.2, 0.25) is 0 Å². The lowest BCUT2D eigenvalue weighted by molar-refractivity contribution is -0.577. The van der Waals surface area contributed by atoms with Gasteiger partial charge in [-0.2, -0.15) is 5.10 Å². The molecule has 1 aliphatic carbocycles. The van der Waals surface area contributed by atoms with E-state index in [1.165, 1.54) is 0 Å². The second-order valence-corrected chi connectivity index (χ2v) is 9.31. The van der Waals surface area contributed by atoms with Crippen LogP contribution in [0, 0.1) is 11.8 Å². The molecule has 0 aliphatic heterocycles. The molecule has 1 saturated carbocycles. The van der Waals surface area contributed by atoms with Crippen molar-refractivity contribution in [3.8, 4) is 11.8 Å². The highest BCUT2D eigenvalue weighted by Gasteiger charge is 2.31. The van der Waals surface area contributed by atoms with Gasteiger partial charge in [-0.25, -0.2) is 5.10 Å². The standard InChI is InChI=1S/C27H24N8O2/c1-16(31-26(36)23-24(28)32-34-12-4-11-29-25(23)34)21-13-19-6-3-5-18(8-7-17-14-30-33(2)15-17)22(19)27(37)35(21)20-9-10-20/h3-6,11-16,20H,9-10H2,1-2H3,(H3,28,31,32,36)/p+1. The minimum absolute atomic E-state index is 0.0981. The molecule has 1 atom stereocenters. The van der Waals surface area contributed by atoms with E-state index in [-0.39, 0.29) is 28.9 Å². The number of hydrogen-bond donors (Lipinski definition) is 3. The predicted octanol–water partition coefficient (Wildman–Crippen LogP) is 2.00. The Hall–Kier alpha value is -4.91. The molecule has 5 aromatic rings. The van der Waals surface area contributed by atoms with Crippen molar-refractivity contribution >= 4 is 28.1 Å². The number of aromatic nitrogens is 6. The van der Waals surface area contributed by atoms with Crippen LogP contribution < -0.4 is 21.1 Å². The zero-order valence-electron chi connectivity index (χ0n) is 20.4. The van der Waals surface area contributed by atoms with Crippen LogP contribution in [0.25, 0.3) is 16.4 Å². The topological polar surface area (TPSA) is 128 Å². The van der Waals surface area contributed by atoms with E-state index in [1.54, 1.807) is 33.9 Å². The lowest BCUT2D eigenvalue weighted by Gasteiger charge is -2.20. The van der Waals surface area contributed by atoms with Crippen molar-refractivity contribution < 1.29 is 9.31 Å². The number of fused-ring (bicyclic) bond motifs is 2. The Morgan fingerprint density at radius 1 is 1.30 bits per heavy atom. The Bertz CT molecular complexity index is 1810. The van der Waals surface area contributed by atoms with E-state index in [0.29, 0.717) is 16.6 Å². The normalized spacial score (nSPS) is 13.9. The fraction of sp³-hybridized carbons (Fsp3) is 0.222. The molecule has 1 amide bonds. The van der Waals surface area contributed by atoms with Crippen LogP contribution >= 0.6 is 0 Å². The predicted molar refractivity (Wildman–Crippen MR) is 138 cm³/mol. The highest BCUT2D eigenvalue weighted by Crippen LogP contribution is 2.37. The number of nitrogens with zero attached hydrogens (tertiary/aromatic N) is 5. The Morgan fingerprint density at radius 3 is 2.89 bits per heavy atom. The van der Waals surface area contributed by atoms with Crippen molar-refractivity contribution in [1.29, 1.82) is 0 Å². The van der Waals surface area contributed by atoms with E-state index in [2.05, 4.69) is 32.3 Å². The summed E-state index contributed by atoms with van der Waals surface area (Å²) in [6.07, 6.45) is 8.69. The van der Waals surface area contributed by atoms with Crippen molar-refractivity contribution in [2.75, 3.05) is 5.73 Å². The van der Waals surface area contributed by atoms with E-state index >= 15 is 0 Å². The van der Waals surface area contributed by atoms with Gasteiger partial charge in [-0.05, 0) is 42.3 Å². The Kier molecular flexibility index (Phi) is 5.26. The zero-order valence-corrected chi connectivity index (χ0v) is 20.4. The van der Waals surface area contributed by atoms with E-state index in [1.807, 2.05) is 49.0 Å². The molecule has 184 valence electrons. The average molecular weight is 494 g/mol. The number of pyridine rings is 1. The van der Waals surface area contributed by atoms with Crippen molar-refractivity contribution in [3.63, 3.8) is 0 Å². The molecule has 1 aliphatic rings. The quantitative estimate of drug-likeness (QED) is 0.261. The first-order valence-corrected chi connectivity index (χ1v) is 12.0. The molecule has 1 aromatic carbocycles. The van der Waals surface area contributed by atoms with Gasteiger partial charge in [0.25, 0.3) is 11.5 Å². The van der Waals surface area contributed by atoms with Crippen LogP contribution in [0.15, 0.2) is 59.9 Å². The van der Waals surface area contributed by atoms with E-state index in [0.717, 1.165) is 29.5 Å². The second-order valence-electron chi connectivity index (χ2n) is 9.31. The third kappa shape index (κ3) is 4.00. The molecule has 10 nitrogen and oxygen atoms in total. The summed E-state index contributed by atoms with van der Waals surface area (Å²) >= 11 is 0. The van der Waals surface area contributed by atoms with Gasteiger partial charge in [0, 0.05) is 36.6 Å². The summed E-state index contributed by atoms with van der Waals surface area (Å²) in [6.45, 7) is 1.87. The number of amides is 1. The third-order valence-corrected chi connectivity index (χ3v) is 6.57. The lowest BCUT2D eigenvalue weighted by atomic mass is 10.0. The maximum absolute atomic E-state index is 13.8. The number of anilines is 1. The van der Waals surface area contributed by atoms with Gasteiger partial charge in [0.1, 0.15) is 12.4 Å². The van der Waals surface area contributed by atoms with Gasteiger partial charge in [-0.3, -0.25) is 14.3 Å². The number of nitrogens with two attached hydrogens (primary N) is 1. The van der Waals surface area contributed by atoms with Gasteiger partial charge < -0.3 is 15.6 Å². The summed E-state index contributed by atoms with van der Waals surface area (Å²) in [5, 5.41) is 11.4. The minimum atomic E-state index is -0.451. The van der Waals surface area contributed by atoms with Gasteiger partial charge in [0.2, 0.25) is 0 Å².